The molecule has 1 rings (SSSR count). The Kier molecular flexibility index (Phi) is 3.35. The molecule has 0 aliphatic heterocycles. The minimum Gasteiger partial charge on any atom is -0.452 e. The molecule has 0 radical (unpaired) electrons. The van der Waals surface area contributed by atoms with Crippen LogP contribution in [0, 0.1) is 0 Å². The third kappa shape index (κ3) is 2.61. The number of amides is 1. The minimum atomic E-state index is -4.72. The fraction of sp³-hybridized carbons (Fsp3) is 0.125. The lowest BCUT2D eigenvalue weighted by Gasteiger charge is -2.16. The second kappa shape index (κ2) is 4.37. The molecule has 0 atom stereocenters. The number of benzene rings is 1. The van der Waals surface area contributed by atoms with Gasteiger partial charge in [-0.15, -0.1) is 4.31 Å². The molecule has 88 valence electrons. The molecule has 0 saturated heterocycles. The van der Waals surface area contributed by atoms with Crippen molar-refractivity contribution >= 4 is 27.8 Å². The molecule has 0 aliphatic carbocycles. The predicted molar refractivity (Wildman–Crippen MR) is 57.3 cm³/mol. The van der Waals surface area contributed by atoms with Gasteiger partial charge in [0.25, 0.3) is 0 Å². The van der Waals surface area contributed by atoms with Crippen LogP contribution in [0.1, 0.15) is 0 Å². The van der Waals surface area contributed by atoms with Crippen LogP contribution in [0.3, 0.4) is 0 Å². The maximum atomic E-state index is 11.2. The van der Waals surface area contributed by atoms with Gasteiger partial charge in [0.15, 0.2) is 0 Å². The lowest BCUT2D eigenvalue weighted by molar-refractivity contribution is 0.182. The maximum absolute atomic E-state index is 11.2. The van der Waals surface area contributed by atoms with E-state index in [4.69, 9.17) is 10.3 Å². The Labute approximate surface area is 92.3 Å². The summed E-state index contributed by atoms with van der Waals surface area (Å²) in [6.45, 7) is 0. The van der Waals surface area contributed by atoms with Crippen LogP contribution in [0.4, 0.5) is 16.2 Å². The molecule has 1 amide bonds. The van der Waals surface area contributed by atoms with Crippen LogP contribution in [0.5, 0.6) is 0 Å². The van der Waals surface area contributed by atoms with Crippen molar-refractivity contribution in [2.45, 2.75) is 0 Å². The molecule has 1 aromatic carbocycles. The van der Waals surface area contributed by atoms with Crippen LogP contribution in [-0.2, 0) is 15.0 Å². The molecule has 16 heavy (non-hydrogen) atoms. The highest BCUT2D eigenvalue weighted by molar-refractivity contribution is 7.88. The molecule has 1 aromatic rings. The fourth-order valence-electron chi connectivity index (χ4n) is 1.03. The first-order chi connectivity index (χ1) is 7.36. The van der Waals surface area contributed by atoms with Gasteiger partial charge in [0.1, 0.15) is 0 Å². The number of nitrogen functional groups attached to an aromatic ring is 1. The van der Waals surface area contributed by atoms with Gasteiger partial charge >= 0.3 is 16.4 Å². The lowest BCUT2D eigenvalue weighted by Crippen LogP contribution is -2.36. The Morgan fingerprint density at radius 1 is 1.38 bits per heavy atom. The van der Waals surface area contributed by atoms with Crippen molar-refractivity contribution in [2.75, 3.05) is 17.1 Å². The Balaban J connectivity index is 3.22. The molecular weight excluding hydrogens is 236 g/mol. The Hall–Kier alpha value is -1.80. The van der Waals surface area contributed by atoms with E-state index in [-0.39, 0.29) is 9.99 Å². The second-order valence-electron chi connectivity index (χ2n) is 2.80. The van der Waals surface area contributed by atoms with Crippen LogP contribution >= 0.6 is 0 Å². The van der Waals surface area contributed by atoms with Crippen LogP contribution in [0.2, 0.25) is 0 Å². The summed E-state index contributed by atoms with van der Waals surface area (Å²) < 4.78 is 35.2. The van der Waals surface area contributed by atoms with Crippen molar-refractivity contribution in [2.24, 2.45) is 0 Å². The number of anilines is 2. The van der Waals surface area contributed by atoms with E-state index in [1.54, 1.807) is 0 Å². The van der Waals surface area contributed by atoms with E-state index in [0.29, 0.717) is 5.69 Å². The molecule has 3 N–H and O–H groups in total. The molecule has 0 fully saturated rings. The number of hydrogen-bond acceptors (Lipinski definition) is 5. The number of hydrogen-bond donors (Lipinski definition) is 2. The van der Waals surface area contributed by atoms with E-state index in [9.17, 15) is 13.2 Å². The molecular formula is C8H10N2O5S. The van der Waals surface area contributed by atoms with E-state index in [2.05, 4.69) is 4.74 Å². The third-order valence-corrected chi connectivity index (χ3v) is 2.52. The van der Waals surface area contributed by atoms with Gasteiger partial charge in [-0.25, -0.2) is 4.79 Å². The quantitative estimate of drug-likeness (QED) is 0.585. The summed E-state index contributed by atoms with van der Waals surface area (Å²) in [5, 5.41) is 0. The normalized spacial score (nSPS) is 10.9. The topological polar surface area (TPSA) is 110 Å². The van der Waals surface area contributed by atoms with Gasteiger partial charge in [-0.05, 0) is 24.3 Å². The van der Waals surface area contributed by atoms with Gasteiger partial charge < -0.3 is 10.5 Å². The van der Waals surface area contributed by atoms with E-state index in [1.807, 2.05) is 0 Å². The molecule has 0 bridgehead atoms. The average molecular weight is 246 g/mol. The third-order valence-electron chi connectivity index (χ3n) is 1.70. The minimum absolute atomic E-state index is 0.0662. The number of carbonyl (C=O) groups is 1. The molecule has 8 heteroatoms. The maximum Gasteiger partial charge on any atom is 0.429 e. The molecule has 0 spiro atoms. The molecule has 0 aromatic heterocycles. The van der Waals surface area contributed by atoms with Gasteiger partial charge in [-0.3, -0.25) is 4.55 Å². The highest BCUT2D eigenvalue weighted by atomic mass is 32.2. The number of ether oxygens (including phenoxy) is 1. The molecule has 7 nitrogen and oxygen atoms in total. The van der Waals surface area contributed by atoms with Gasteiger partial charge in [0, 0.05) is 5.69 Å². The number of rotatable bonds is 2. The average Bonchev–Trinajstić information content (AvgIpc) is 2.19. The Bertz CT molecular complexity index is 482. The van der Waals surface area contributed by atoms with Crippen LogP contribution < -0.4 is 10.0 Å². The van der Waals surface area contributed by atoms with E-state index in [1.165, 1.54) is 24.3 Å². The van der Waals surface area contributed by atoms with Crippen LogP contribution in [0.25, 0.3) is 0 Å². The van der Waals surface area contributed by atoms with Crippen molar-refractivity contribution in [1.82, 2.24) is 0 Å². The molecule has 0 aliphatic rings. The summed E-state index contributed by atoms with van der Waals surface area (Å²) in [4.78, 5) is 11.2. The Morgan fingerprint density at radius 2 is 1.88 bits per heavy atom. The fourth-order valence-corrected chi connectivity index (χ4v) is 1.68. The summed E-state index contributed by atoms with van der Waals surface area (Å²) in [5.41, 5.74) is 5.72. The van der Waals surface area contributed by atoms with Crippen LogP contribution in [-0.4, -0.2) is 26.2 Å². The summed E-state index contributed by atoms with van der Waals surface area (Å²) in [5.74, 6) is 0. The number of nitrogens with zero attached hydrogens (tertiary/aromatic N) is 1. The number of methoxy groups -OCH3 is 1. The van der Waals surface area contributed by atoms with Gasteiger partial charge in [-0.1, -0.05) is 0 Å². The van der Waals surface area contributed by atoms with Gasteiger partial charge in [-0.2, -0.15) is 8.42 Å². The van der Waals surface area contributed by atoms with Crippen molar-refractivity contribution in [3.05, 3.63) is 24.3 Å². The first-order valence-corrected chi connectivity index (χ1v) is 5.47. The first-order valence-electron chi connectivity index (χ1n) is 4.07. The van der Waals surface area contributed by atoms with E-state index >= 15 is 0 Å². The zero-order valence-corrected chi connectivity index (χ0v) is 9.14. The summed E-state index contributed by atoms with van der Waals surface area (Å²) in [7, 11) is -3.73. The SMILES string of the molecule is COC(=O)N(c1ccc(N)cc1)S(=O)(=O)O. The van der Waals surface area contributed by atoms with E-state index < -0.39 is 16.4 Å². The van der Waals surface area contributed by atoms with Gasteiger partial charge in [0.2, 0.25) is 0 Å². The molecule has 0 unspecified atom stereocenters. The van der Waals surface area contributed by atoms with Crippen LogP contribution in [0.15, 0.2) is 24.3 Å². The van der Waals surface area contributed by atoms with Crippen molar-refractivity contribution in [3.8, 4) is 0 Å². The number of nitrogens with two attached hydrogens (primary N) is 1. The van der Waals surface area contributed by atoms with Gasteiger partial charge in [0.05, 0.1) is 12.8 Å². The van der Waals surface area contributed by atoms with Crippen molar-refractivity contribution in [1.29, 1.82) is 0 Å². The number of carbonyl (C=O) groups excluding carboxylic acids is 1. The monoisotopic (exact) mass is 246 g/mol. The second-order valence-corrected chi connectivity index (χ2v) is 4.06. The zero-order chi connectivity index (χ0) is 12.3. The predicted octanol–water partition coefficient (Wildman–Crippen LogP) is 0.644. The lowest BCUT2D eigenvalue weighted by atomic mass is 10.3. The highest BCUT2D eigenvalue weighted by Gasteiger charge is 2.28. The zero-order valence-electron chi connectivity index (χ0n) is 8.32. The summed E-state index contributed by atoms with van der Waals surface area (Å²) >= 11 is 0. The van der Waals surface area contributed by atoms with Crippen molar-refractivity contribution in [3.63, 3.8) is 0 Å². The first kappa shape index (κ1) is 12.3. The highest BCUT2D eigenvalue weighted by Crippen LogP contribution is 2.19. The van der Waals surface area contributed by atoms with Crippen molar-refractivity contribution < 1.29 is 22.5 Å². The smallest absolute Gasteiger partial charge is 0.429 e. The standard InChI is InChI=1S/C8H10N2O5S/c1-15-8(11)10(16(12,13)14)7-4-2-6(9)3-5-7/h2-5H,9H2,1H3,(H,12,13,14). The summed E-state index contributed by atoms with van der Waals surface area (Å²) in [6, 6.07) is 5.30. The molecule has 0 saturated carbocycles. The summed E-state index contributed by atoms with van der Waals surface area (Å²) in [6.07, 6.45) is -1.22. The molecule has 0 heterocycles. The Morgan fingerprint density at radius 3 is 2.25 bits per heavy atom. The largest absolute Gasteiger partial charge is 0.452 e. The van der Waals surface area contributed by atoms with E-state index in [0.717, 1.165) is 7.11 Å².